The van der Waals surface area contributed by atoms with E-state index >= 15 is 0 Å². The van der Waals surface area contributed by atoms with Crippen molar-refractivity contribution in [3.63, 3.8) is 0 Å². The molecule has 3 heterocycles. The Balaban J connectivity index is 2.09. The first-order valence-corrected chi connectivity index (χ1v) is 7.29. The van der Waals surface area contributed by atoms with Crippen LogP contribution in [0.5, 0.6) is 0 Å². The lowest BCUT2D eigenvalue weighted by Gasteiger charge is -2.08. The fraction of sp³-hybridized carbons (Fsp3) is 0.154. The molecule has 0 amide bonds. The van der Waals surface area contributed by atoms with Gasteiger partial charge in [0.2, 0.25) is 0 Å². The van der Waals surface area contributed by atoms with E-state index in [4.69, 9.17) is 5.73 Å². The number of fused-ring (bicyclic) bond motifs is 5. The summed E-state index contributed by atoms with van der Waals surface area (Å²) in [5.74, 6) is 0.880. The van der Waals surface area contributed by atoms with Crippen LogP contribution in [0.3, 0.4) is 0 Å². The summed E-state index contributed by atoms with van der Waals surface area (Å²) in [7, 11) is 0. The van der Waals surface area contributed by atoms with Crippen molar-refractivity contribution < 1.29 is 0 Å². The fourth-order valence-electron chi connectivity index (χ4n) is 2.58. The Bertz CT molecular complexity index is 803. The summed E-state index contributed by atoms with van der Waals surface area (Å²) in [6.45, 7) is 1.05. The van der Waals surface area contributed by atoms with Crippen LogP contribution in [0.15, 0.2) is 30.9 Å². The van der Waals surface area contributed by atoms with Crippen molar-refractivity contribution in [3.8, 4) is 17.1 Å². The number of benzene rings is 1. The van der Waals surface area contributed by atoms with E-state index in [1.807, 2.05) is 11.0 Å². The van der Waals surface area contributed by atoms with Gasteiger partial charge in [-0.15, -0.1) is 0 Å². The maximum absolute atomic E-state index is 5.79. The fourth-order valence-corrected chi connectivity index (χ4v) is 3.08. The molecule has 4 rings (SSSR count). The lowest BCUT2D eigenvalue weighted by molar-refractivity contribution is 0.670. The number of halogens is 1. The van der Waals surface area contributed by atoms with E-state index < -0.39 is 0 Å². The molecule has 0 saturated carbocycles. The number of rotatable bonds is 1. The predicted molar refractivity (Wildman–Crippen MR) is 82.3 cm³/mol. The van der Waals surface area contributed by atoms with E-state index in [9.17, 15) is 0 Å². The van der Waals surface area contributed by atoms with Crippen LogP contribution in [0.25, 0.3) is 17.1 Å². The number of hydrogen-bond donors (Lipinski definition) is 1. The summed E-state index contributed by atoms with van der Waals surface area (Å²) in [6, 6.07) is 6.29. The van der Waals surface area contributed by atoms with Crippen molar-refractivity contribution in [3.05, 3.63) is 45.8 Å². The lowest BCUT2D eigenvalue weighted by atomic mass is 10.1. The van der Waals surface area contributed by atoms with Crippen LogP contribution in [-0.2, 0) is 13.1 Å². The van der Waals surface area contributed by atoms with Crippen molar-refractivity contribution in [2.24, 2.45) is 5.73 Å². The Hall–Kier alpha value is -1.74. The number of hydrogen-bond acceptors (Lipinski definition) is 4. The van der Waals surface area contributed by atoms with Gasteiger partial charge >= 0.3 is 0 Å². The average molecular weight is 378 g/mol. The summed E-state index contributed by atoms with van der Waals surface area (Å²) in [5, 5.41) is 4.32. The third kappa shape index (κ3) is 1.63. The van der Waals surface area contributed by atoms with E-state index in [-0.39, 0.29) is 0 Å². The minimum Gasteiger partial charge on any atom is -0.325 e. The minimum absolute atomic E-state index is 0.423. The first kappa shape index (κ1) is 12.0. The van der Waals surface area contributed by atoms with Gasteiger partial charge < -0.3 is 10.3 Å². The largest absolute Gasteiger partial charge is 0.325 e. The molecule has 100 valence electrons. The van der Waals surface area contributed by atoms with Crippen LogP contribution in [0.2, 0.25) is 0 Å². The molecule has 7 heteroatoms. The SMILES string of the molecule is NCc1ncn2c1Cn1ncnc1-c1cc(I)ccc1-2. The van der Waals surface area contributed by atoms with Crippen molar-refractivity contribution in [2.75, 3.05) is 0 Å². The van der Waals surface area contributed by atoms with Gasteiger partial charge in [0.25, 0.3) is 0 Å². The molecule has 6 nitrogen and oxygen atoms in total. The molecule has 1 aromatic carbocycles. The molecule has 0 aliphatic carbocycles. The molecule has 0 atom stereocenters. The van der Waals surface area contributed by atoms with Gasteiger partial charge in [0, 0.05) is 15.7 Å². The monoisotopic (exact) mass is 378 g/mol. The normalized spacial score (nSPS) is 12.5. The molecular formula is C13H11IN6. The standard InChI is InChI=1S/C13H11IN6/c14-8-1-2-11-9(3-8)13-16-6-18-20(13)5-12-10(4-15)17-7-19(11)12/h1-3,6-7H,4-5,15H2. The maximum Gasteiger partial charge on any atom is 0.160 e. The molecule has 0 fully saturated rings. The molecule has 0 bridgehead atoms. The molecular weight excluding hydrogens is 367 g/mol. The molecule has 1 aliphatic rings. The van der Waals surface area contributed by atoms with E-state index in [0.717, 1.165) is 28.5 Å². The second kappa shape index (κ2) is 4.38. The van der Waals surface area contributed by atoms with Gasteiger partial charge in [-0.2, -0.15) is 5.10 Å². The Morgan fingerprint density at radius 2 is 2.20 bits per heavy atom. The van der Waals surface area contributed by atoms with Gasteiger partial charge in [-0.3, -0.25) is 0 Å². The highest BCUT2D eigenvalue weighted by molar-refractivity contribution is 14.1. The number of nitrogens with zero attached hydrogens (tertiary/aromatic N) is 5. The first-order chi connectivity index (χ1) is 9.78. The highest BCUT2D eigenvalue weighted by Gasteiger charge is 2.23. The Morgan fingerprint density at radius 1 is 1.30 bits per heavy atom. The second-order valence-corrected chi connectivity index (χ2v) is 5.86. The zero-order valence-electron chi connectivity index (χ0n) is 10.5. The quantitative estimate of drug-likeness (QED) is 0.510. The van der Waals surface area contributed by atoms with Gasteiger partial charge in [0.05, 0.1) is 29.9 Å². The zero-order chi connectivity index (χ0) is 13.7. The average Bonchev–Trinajstić information content (AvgIpc) is 3.04. The summed E-state index contributed by atoms with van der Waals surface area (Å²) in [4.78, 5) is 8.81. The number of nitrogens with two attached hydrogens (primary N) is 1. The van der Waals surface area contributed by atoms with Gasteiger partial charge in [-0.25, -0.2) is 14.6 Å². The maximum atomic E-state index is 5.79. The first-order valence-electron chi connectivity index (χ1n) is 6.21. The van der Waals surface area contributed by atoms with Gasteiger partial charge in [0.15, 0.2) is 5.82 Å². The van der Waals surface area contributed by atoms with Crippen molar-refractivity contribution in [2.45, 2.75) is 13.1 Å². The molecule has 2 N–H and O–H groups in total. The smallest absolute Gasteiger partial charge is 0.160 e. The molecule has 0 radical (unpaired) electrons. The molecule has 0 unspecified atom stereocenters. The number of imidazole rings is 1. The second-order valence-electron chi connectivity index (χ2n) is 4.61. The zero-order valence-corrected chi connectivity index (χ0v) is 12.6. The number of aromatic nitrogens is 5. The van der Waals surface area contributed by atoms with Crippen LogP contribution in [0.1, 0.15) is 11.4 Å². The van der Waals surface area contributed by atoms with Crippen LogP contribution in [-0.4, -0.2) is 24.3 Å². The van der Waals surface area contributed by atoms with Gasteiger partial charge in [-0.05, 0) is 40.8 Å². The van der Waals surface area contributed by atoms with E-state index in [1.165, 1.54) is 3.57 Å². The topological polar surface area (TPSA) is 74.5 Å². The summed E-state index contributed by atoms with van der Waals surface area (Å²) in [5.41, 5.74) is 9.89. The molecule has 20 heavy (non-hydrogen) atoms. The van der Waals surface area contributed by atoms with Crippen LogP contribution in [0.4, 0.5) is 0 Å². The van der Waals surface area contributed by atoms with Gasteiger partial charge in [-0.1, -0.05) is 0 Å². The third-order valence-electron chi connectivity index (χ3n) is 3.52. The van der Waals surface area contributed by atoms with E-state index in [2.05, 4.69) is 60.4 Å². The van der Waals surface area contributed by atoms with E-state index in [1.54, 1.807) is 6.33 Å². The Morgan fingerprint density at radius 3 is 3.05 bits per heavy atom. The van der Waals surface area contributed by atoms with Crippen LogP contribution < -0.4 is 5.73 Å². The molecule has 0 saturated heterocycles. The minimum atomic E-state index is 0.423. The van der Waals surface area contributed by atoms with Crippen LogP contribution in [0, 0.1) is 3.57 Å². The highest BCUT2D eigenvalue weighted by Crippen LogP contribution is 2.32. The molecule has 2 aromatic heterocycles. The summed E-state index contributed by atoms with van der Waals surface area (Å²) < 4.78 is 5.15. The Kier molecular flexibility index (Phi) is 2.64. The molecule has 0 spiro atoms. The van der Waals surface area contributed by atoms with Crippen LogP contribution >= 0.6 is 22.6 Å². The van der Waals surface area contributed by atoms with Crippen molar-refractivity contribution in [1.29, 1.82) is 0 Å². The lowest BCUT2D eigenvalue weighted by Crippen LogP contribution is -2.09. The predicted octanol–water partition coefficient (Wildman–Crippen LogP) is 1.56. The molecule has 1 aliphatic heterocycles. The summed E-state index contributed by atoms with van der Waals surface area (Å²) >= 11 is 2.31. The third-order valence-corrected chi connectivity index (χ3v) is 4.19. The van der Waals surface area contributed by atoms with Crippen molar-refractivity contribution in [1.82, 2.24) is 24.3 Å². The molecule has 3 aromatic rings. The summed E-state index contributed by atoms with van der Waals surface area (Å²) in [6.07, 6.45) is 3.42. The highest BCUT2D eigenvalue weighted by atomic mass is 127. The van der Waals surface area contributed by atoms with Crippen molar-refractivity contribution >= 4 is 22.6 Å². The Labute approximate surface area is 128 Å². The van der Waals surface area contributed by atoms with Gasteiger partial charge in [0.1, 0.15) is 6.33 Å². The van der Waals surface area contributed by atoms with E-state index in [0.29, 0.717) is 13.1 Å².